The van der Waals surface area contributed by atoms with E-state index < -0.39 is 55.4 Å². The Kier molecular flexibility index (Phi) is 15.4. The SMILES string of the molecule is C[C@H](Cc1cc2c(c(C(N)=O)c1)N(CCCOC1O[C@@H](C(=O)[O-])[C@@H](O)[C@H](O)[C@H]1O)CC2)NCCOc1ccccc1OCC(F)(F)F.[K+]. The minimum absolute atomic E-state index is 0. The van der Waals surface area contributed by atoms with E-state index in [2.05, 4.69) is 5.32 Å². The summed E-state index contributed by atoms with van der Waals surface area (Å²) in [6, 6.07) is 9.85. The molecule has 2 aliphatic rings. The Morgan fingerprint density at radius 2 is 1.79 bits per heavy atom. The van der Waals surface area contributed by atoms with E-state index in [9.17, 15) is 43.2 Å². The van der Waals surface area contributed by atoms with Crippen LogP contribution in [-0.2, 0) is 27.1 Å². The van der Waals surface area contributed by atoms with Gasteiger partial charge in [-0.05, 0) is 55.5 Å². The van der Waals surface area contributed by atoms with Crippen molar-refractivity contribution < 1.29 is 114 Å². The summed E-state index contributed by atoms with van der Waals surface area (Å²) >= 11 is 0. The zero-order chi connectivity index (χ0) is 34.3. The number of aliphatic carboxylic acids is 1. The Morgan fingerprint density at radius 1 is 1.10 bits per heavy atom. The zero-order valence-electron chi connectivity index (χ0n) is 26.7. The van der Waals surface area contributed by atoms with E-state index >= 15 is 0 Å². The number of nitrogens with zero attached hydrogens (tertiary/aromatic N) is 1. The van der Waals surface area contributed by atoms with E-state index in [1.165, 1.54) is 12.1 Å². The number of anilines is 1. The van der Waals surface area contributed by atoms with Crippen LogP contribution in [0.2, 0.25) is 0 Å². The molecule has 2 aromatic carbocycles. The first-order valence-electron chi connectivity index (χ1n) is 15.1. The fourth-order valence-corrected chi connectivity index (χ4v) is 5.60. The Labute approximate surface area is 317 Å². The van der Waals surface area contributed by atoms with Crippen LogP contribution < -0.4 is 81.9 Å². The topological polar surface area (TPSA) is 196 Å². The van der Waals surface area contributed by atoms with Gasteiger partial charge >= 0.3 is 57.6 Å². The maximum atomic E-state index is 12.5. The van der Waals surface area contributed by atoms with Gasteiger partial charge < -0.3 is 60.1 Å². The molecule has 2 aromatic rings. The van der Waals surface area contributed by atoms with Crippen LogP contribution in [0.5, 0.6) is 11.5 Å². The van der Waals surface area contributed by atoms with Crippen LogP contribution in [0.1, 0.15) is 34.8 Å². The van der Waals surface area contributed by atoms with Gasteiger partial charge in [0.2, 0.25) is 0 Å². The molecule has 1 saturated heterocycles. The molecule has 0 radical (unpaired) electrons. The Balaban J connectivity index is 0.00000625. The number of amides is 1. The number of hydrogen-bond acceptors (Lipinski definition) is 12. The fraction of sp³-hybridized carbons (Fsp3) is 0.548. The number of nitrogens with one attached hydrogen (secondary N) is 1. The average Bonchev–Trinajstić information content (AvgIpc) is 3.42. The first-order chi connectivity index (χ1) is 22.2. The third kappa shape index (κ3) is 11.0. The summed E-state index contributed by atoms with van der Waals surface area (Å²) in [4.78, 5) is 25.6. The van der Waals surface area contributed by atoms with Crippen molar-refractivity contribution in [3.05, 3.63) is 53.1 Å². The number of primary amides is 1. The van der Waals surface area contributed by atoms with Crippen LogP contribution in [0.3, 0.4) is 0 Å². The van der Waals surface area contributed by atoms with E-state index in [0.717, 1.165) is 11.1 Å². The van der Waals surface area contributed by atoms with Gasteiger partial charge in [0, 0.05) is 25.7 Å². The summed E-state index contributed by atoms with van der Waals surface area (Å²) in [5.74, 6) is -2.14. The predicted octanol–water partition coefficient (Wildman–Crippen LogP) is -3.34. The van der Waals surface area contributed by atoms with Gasteiger partial charge in [0.05, 0.1) is 23.8 Å². The number of nitrogens with two attached hydrogens (primary N) is 1. The summed E-state index contributed by atoms with van der Waals surface area (Å²) in [5.41, 5.74) is 8.67. The normalized spacial score (nSPS) is 22.8. The molecule has 2 aliphatic heterocycles. The quantitative estimate of drug-likeness (QED) is 0.0861. The molecule has 260 valence electrons. The van der Waals surface area contributed by atoms with Crippen LogP contribution in [0.15, 0.2) is 36.4 Å². The van der Waals surface area contributed by atoms with Crippen molar-refractivity contribution in [1.29, 1.82) is 0 Å². The number of carbonyl (C=O) groups is 2. The number of ether oxygens (including phenoxy) is 4. The van der Waals surface area contributed by atoms with Crippen LogP contribution in [-0.4, -0.2) is 110 Å². The van der Waals surface area contributed by atoms with Crippen LogP contribution in [0.25, 0.3) is 0 Å². The molecule has 0 aromatic heterocycles. The largest absolute Gasteiger partial charge is 1.00 e. The van der Waals surface area contributed by atoms with Gasteiger partial charge in [-0.2, -0.15) is 13.2 Å². The molecule has 0 aliphatic carbocycles. The molecule has 6 atom stereocenters. The molecule has 0 spiro atoms. The molecule has 48 heavy (non-hydrogen) atoms. The van der Waals surface area contributed by atoms with Crippen molar-refractivity contribution in [1.82, 2.24) is 5.32 Å². The van der Waals surface area contributed by atoms with E-state index in [4.69, 9.17) is 24.7 Å². The molecule has 1 amide bonds. The molecular weight excluding hydrogens is 670 g/mol. The third-order valence-electron chi connectivity index (χ3n) is 7.77. The molecule has 4 rings (SSSR count). The number of halogens is 3. The maximum Gasteiger partial charge on any atom is 1.00 e. The fourth-order valence-electron chi connectivity index (χ4n) is 5.60. The molecule has 0 bridgehead atoms. The van der Waals surface area contributed by atoms with Gasteiger partial charge in [0.15, 0.2) is 24.4 Å². The maximum absolute atomic E-state index is 12.5. The minimum Gasteiger partial charge on any atom is -0.547 e. The first kappa shape index (κ1) is 40.4. The van der Waals surface area contributed by atoms with Gasteiger partial charge in [-0.1, -0.05) is 18.2 Å². The molecular formula is C31H39F3KN3O10. The van der Waals surface area contributed by atoms with E-state index in [1.807, 2.05) is 17.9 Å². The number of fused-ring (bicyclic) bond motifs is 1. The number of rotatable bonds is 16. The number of aliphatic hydroxyl groups is 3. The number of carboxylic acid groups (broad SMARTS) is 1. The number of carbonyl (C=O) groups excluding carboxylic acids is 2. The number of alkyl halides is 3. The summed E-state index contributed by atoms with van der Waals surface area (Å²) in [5, 5.41) is 44.3. The van der Waals surface area contributed by atoms with Crippen LogP contribution in [0.4, 0.5) is 18.9 Å². The number of hydrogen-bond donors (Lipinski definition) is 5. The molecule has 6 N–H and O–H groups in total. The standard InChI is InChI=1S/C31H40F3N3O10.K/c1-17(36-8-12-44-21-5-2-3-6-22(21)46-16-31(32,33)34)13-18-14-19-7-10-37(23(19)20(15-18)28(35)41)9-4-11-45-30-26(40)24(38)25(39)27(47-30)29(42)43;/h2-3,5-6,14-15,17,24-27,30,36,38-40H,4,7-13,16H2,1H3,(H2,35,41)(H,42,43);/q;+1/p-1/t17-,24+,25+,26-,27-,30?;/m1./s1. The summed E-state index contributed by atoms with van der Waals surface area (Å²) in [7, 11) is 0. The van der Waals surface area contributed by atoms with Gasteiger partial charge in [0.25, 0.3) is 5.91 Å². The number of aliphatic hydroxyl groups excluding tert-OH is 3. The van der Waals surface area contributed by atoms with E-state index in [0.29, 0.717) is 50.1 Å². The van der Waals surface area contributed by atoms with Crippen molar-refractivity contribution in [2.75, 3.05) is 44.4 Å². The Morgan fingerprint density at radius 3 is 2.44 bits per heavy atom. The monoisotopic (exact) mass is 709 g/mol. The third-order valence-corrected chi connectivity index (χ3v) is 7.77. The molecule has 1 unspecified atom stereocenters. The zero-order valence-corrected chi connectivity index (χ0v) is 29.8. The number of benzene rings is 2. The van der Waals surface area contributed by atoms with Crippen LogP contribution >= 0.6 is 0 Å². The second kappa shape index (κ2) is 18.3. The van der Waals surface area contributed by atoms with E-state index in [1.54, 1.807) is 18.2 Å². The predicted molar refractivity (Wildman–Crippen MR) is 158 cm³/mol. The summed E-state index contributed by atoms with van der Waals surface area (Å²) in [6.07, 6.45) is -11.5. The Hall–Kier alpha value is -2.03. The first-order valence-corrected chi connectivity index (χ1v) is 15.1. The van der Waals surface area contributed by atoms with Crippen molar-refractivity contribution in [2.45, 2.75) is 69.1 Å². The van der Waals surface area contributed by atoms with Gasteiger partial charge in [-0.25, -0.2) is 0 Å². The van der Waals surface area contributed by atoms with Crippen molar-refractivity contribution in [3.63, 3.8) is 0 Å². The van der Waals surface area contributed by atoms with Crippen molar-refractivity contribution in [3.8, 4) is 11.5 Å². The van der Waals surface area contributed by atoms with Gasteiger partial charge in [-0.15, -0.1) is 0 Å². The van der Waals surface area contributed by atoms with Crippen molar-refractivity contribution >= 4 is 17.6 Å². The average molecular weight is 710 g/mol. The molecule has 17 heteroatoms. The minimum atomic E-state index is -4.47. The second-order valence-corrected chi connectivity index (χ2v) is 11.5. The molecule has 1 fully saturated rings. The molecule has 2 heterocycles. The van der Waals surface area contributed by atoms with E-state index in [-0.39, 0.29) is 82.1 Å². The number of carboxylic acids is 1. The Bertz CT molecular complexity index is 1390. The van der Waals surface area contributed by atoms with Crippen LogP contribution in [0, 0.1) is 0 Å². The smallest absolute Gasteiger partial charge is 0.547 e. The van der Waals surface area contributed by atoms with Crippen molar-refractivity contribution in [2.24, 2.45) is 5.73 Å². The van der Waals surface area contributed by atoms with Gasteiger partial charge in [-0.3, -0.25) is 4.79 Å². The molecule has 13 nitrogen and oxygen atoms in total. The summed E-state index contributed by atoms with van der Waals surface area (Å²) in [6.45, 7) is 2.17. The second-order valence-electron chi connectivity index (χ2n) is 11.5. The summed E-state index contributed by atoms with van der Waals surface area (Å²) < 4.78 is 58.6. The van der Waals surface area contributed by atoms with Gasteiger partial charge in [0.1, 0.15) is 31.0 Å². The number of para-hydroxylation sites is 2. The molecule has 0 saturated carbocycles.